The monoisotopic (exact) mass is 324 g/mol. The average molecular weight is 324 g/mol. The molecule has 0 saturated carbocycles. The Balaban J connectivity index is 2.24. The molecule has 0 aliphatic rings. The van der Waals surface area contributed by atoms with E-state index in [1.165, 1.54) is 12.1 Å². The summed E-state index contributed by atoms with van der Waals surface area (Å²) in [5.41, 5.74) is 0.304. The van der Waals surface area contributed by atoms with E-state index in [2.05, 4.69) is 10.6 Å². The van der Waals surface area contributed by atoms with E-state index in [1.807, 2.05) is 6.92 Å². The summed E-state index contributed by atoms with van der Waals surface area (Å²) in [6, 6.07) is 5.82. The molecule has 1 aromatic carbocycles. The molecule has 0 aromatic heterocycles. The third-order valence-corrected chi connectivity index (χ3v) is 3.00. The van der Waals surface area contributed by atoms with Crippen molar-refractivity contribution in [3.05, 3.63) is 35.6 Å². The molecule has 0 spiro atoms. The molecule has 23 heavy (non-hydrogen) atoms. The van der Waals surface area contributed by atoms with Crippen molar-refractivity contribution >= 4 is 12.0 Å². The second-order valence-electron chi connectivity index (χ2n) is 6.37. The second-order valence-corrected chi connectivity index (χ2v) is 6.37. The highest BCUT2D eigenvalue weighted by Crippen LogP contribution is 2.13. The molecule has 0 unspecified atom stereocenters. The van der Waals surface area contributed by atoms with E-state index in [4.69, 9.17) is 4.74 Å². The fourth-order valence-corrected chi connectivity index (χ4v) is 1.90. The Morgan fingerprint density at radius 3 is 2.39 bits per heavy atom. The van der Waals surface area contributed by atoms with Crippen molar-refractivity contribution in [3.8, 4) is 0 Å². The molecule has 2 amide bonds. The predicted octanol–water partition coefficient (Wildman–Crippen LogP) is 3.31. The molecule has 6 heteroatoms. The number of halogens is 1. The largest absolute Gasteiger partial charge is 0.444 e. The van der Waals surface area contributed by atoms with Gasteiger partial charge in [-0.25, -0.2) is 9.18 Å². The van der Waals surface area contributed by atoms with E-state index in [-0.39, 0.29) is 17.8 Å². The van der Waals surface area contributed by atoms with Crippen LogP contribution < -0.4 is 10.6 Å². The number of carbonyl (C=O) groups is 2. The normalized spacial score (nSPS) is 12.4. The van der Waals surface area contributed by atoms with Gasteiger partial charge in [-0.1, -0.05) is 12.1 Å². The van der Waals surface area contributed by atoms with Gasteiger partial charge < -0.3 is 15.4 Å². The average Bonchev–Trinajstić information content (AvgIpc) is 2.42. The number of hydrogen-bond acceptors (Lipinski definition) is 3. The van der Waals surface area contributed by atoms with Crippen LogP contribution in [0.25, 0.3) is 0 Å². The van der Waals surface area contributed by atoms with Crippen molar-refractivity contribution in [2.75, 3.05) is 6.54 Å². The number of hydrogen-bond donors (Lipinski definition) is 2. The van der Waals surface area contributed by atoms with Gasteiger partial charge in [0, 0.05) is 13.0 Å². The Hall–Kier alpha value is -2.11. The van der Waals surface area contributed by atoms with Crippen LogP contribution in [-0.2, 0) is 9.53 Å². The van der Waals surface area contributed by atoms with Gasteiger partial charge in [-0.05, 0) is 51.8 Å². The Morgan fingerprint density at radius 2 is 1.83 bits per heavy atom. The standard InChI is InChI=1S/C17H25FN2O3/c1-12(13-7-9-14(18)10-8-13)20-15(21)6-5-11-19-16(22)23-17(2,3)4/h7-10,12H,5-6,11H2,1-4H3,(H,19,22)(H,20,21)/t12-/m0/s1. The quantitative estimate of drug-likeness (QED) is 0.789. The maximum Gasteiger partial charge on any atom is 0.407 e. The van der Waals surface area contributed by atoms with Gasteiger partial charge in [-0.15, -0.1) is 0 Å². The van der Waals surface area contributed by atoms with Crippen LogP contribution in [0, 0.1) is 5.82 Å². The van der Waals surface area contributed by atoms with Crippen LogP contribution in [0.4, 0.5) is 9.18 Å². The lowest BCUT2D eigenvalue weighted by Gasteiger charge is -2.19. The summed E-state index contributed by atoms with van der Waals surface area (Å²) in [6.07, 6.45) is 0.320. The predicted molar refractivity (Wildman–Crippen MR) is 86.4 cm³/mol. The lowest BCUT2D eigenvalue weighted by atomic mass is 10.1. The third-order valence-electron chi connectivity index (χ3n) is 3.00. The van der Waals surface area contributed by atoms with Crippen LogP contribution in [0.5, 0.6) is 0 Å². The first-order valence-electron chi connectivity index (χ1n) is 7.69. The Morgan fingerprint density at radius 1 is 1.22 bits per heavy atom. The van der Waals surface area contributed by atoms with Crippen LogP contribution in [0.1, 0.15) is 52.1 Å². The molecule has 1 rings (SSSR count). The molecular formula is C17H25FN2O3. The summed E-state index contributed by atoms with van der Waals surface area (Å²) in [5, 5.41) is 5.44. The van der Waals surface area contributed by atoms with E-state index in [9.17, 15) is 14.0 Å². The zero-order valence-corrected chi connectivity index (χ0v) is 14.1. The minimum atomic E-state index is -0.536. The lowest BCUT2D eigenvalue weighted by Crippen LogP contribution is -2.33. The van der Waals surface area contributed by atoms with E-state index in [1.54, 1.807) is 32.9 Å². The summed E-state index contributed by atoms with van der Waals surface area (Å²) in [5.74, 6) is -0.423. The SMILES string of the molecule is C[C@H](NC(=O)CCCNC(=O)OC(C)(C)C)c1ccc(F)cc1. The first kappa shape index (κ1) is 18.9. The summed E-state index contributed by atoms with van der Waals surface area (Å²) >= 11 is 0. The zero-order valence-electron chi connectivity index (χ0n) is 14.1. The van der Waals surface area contributed by atoms with Crippen molar-refractivity contribution in [1.82, 2.24) is 10.6 Å². The van der Waals surface area contributed by atoms with Crippen LogP contribution in [0.15, 0.2) is 24.3 Å². The zero-order chi connectivity index (χ0) is 17.5. The molecule has 5 nitrogen and oxygen atoms in total. The van der Waals surface area contributed by atoms with Gasteiger partial charge in [-0.2, -0.15) is 0 Å². The molecule has 0 heterocycles. The molecule has 128 valence electrons. The Kier molecular flexibility index (Phi) is 7.00. The van der Waals surface area contributed by atoms with Crippen LogP contribution in [0.3, 0.4) is 0 Å². The summed E-state index contributed by atoms with van der Waals surface area (Å²) in [7, 11) is 0. The first-order valence-corrected chi connectivity index (χ1v) is 7.69. The van der Waals surface area contributed by atoms with Gasteiger partial charge in [0.05, 0.1) is 6.04 Å². The summed E-state index contributed by atoms with van der Waals surface area (Å²) in [4.78, 5) is 23.3. The Bertz CT molecular complexity index is 524. The highest BCUT2D eigenvalue weighted by molar-refractivity contribution is 5.76. The fraction of sp³-hybridized carbons (Fsp3) is 0.529. The van der Waals surface area contributed by atoms with Crippen molar-refractivity contribution < 1.29 is 18.7 Å². The van der Waals surface area contributed by atoms with Crippen LogP contribution in [-0.4, -0.2) is 24.1 Å². The lowest BCUT2D eigenvalue weighted by molar-refractivity contribution is -0.121. The number of amides is 2. The van der Waals surface area contributed by atoms with E-state index < -0.39 is 11.7 Å². The van der Waals surface area contributed by atoms with Gasteiger partial charge in [0.25, 0.3) is 0 Å². The number of carbonyl (C=O) groups excluding carboxylic acids is 2. The molecule has 0 aliphatic carbocycles. The molecular weight excluding hydrogens is 299 g/mol. The number of nitrogens with one attached hydrogen (secondary N) is 2. The molecule has 0 radical (unpaired) electrons. The first-order chi connectivity index (χ1) is 10.7. The van der Waals surface area contributed by atoms with E-state index in [0.717, 1.165) is 5.56 Å². The topological polar surface area (TPSA) is 67.4 Å². The molecule has 0 aliphatic heterocycles. The molecule has 0 saturated heterocycles. The van der Waals surface area contributed by atoms with Crippen molar-refractivity contribution in [2.45, 2.75) is 52.2 Å². The molecule has 1 aromatic rings. The van der Waals surface area contributed by atoms with Gasteiger partial charge in [0.1, 0.15) is 11.4 Å². The fourth-order valence-electron chi connectivity index (χ4n) is 1.90. The van der Waals surface area contributed by atoms with E-state index in [0.29, 0.717) is 19.4 Å². The van der Waals surface area contributed by atoms with Gasteiger partial charge >= 0.3 is 6.09 Å². The highest BCUT2D eigenvalue weighted by Gasteiger charge is 2.15. The maximum atomic E-state index is 12.9. The minimum Gasteiger partial charge on any atom is -0.444 e. The summed E-state index contributed by atoms with van der Waals surface area (Å²) < 4.78 is 17.9. The molecule has 0 bridgehead atoms. The number of alkyl carbamates (subject to hydrolysis) is 1. The van der Waals surface area contributed by atoms with Crippen molar-refractivity contribution in [2.24, 2.45) is 0 Å². The third kappa shape index (κ3) is 8.18. The summed E-state index contributed by atoms with van der Waals surface area (Å²) in [6.45, 7) is 7.57. The van der Waals surface area contributed by atoms with Gasteiger partial charge in [0.2, 0.25) is 5.91 Å². The minimum absolute atomic E-state index is 0.118. The second kappa shape index (κ2) is 8.50. The van der Waals surface area contributed by atoms with Crippen LogP contribution >= 0.6 is 0 Å². The van der Waals surface area contributed by atoms with Crippen LogP contribution in [0.2, 0.25) is 0 Å². The Labute approximate surface area is 136 Å². The molecule has 2 N–H and O–H groups in total. The van der Waals surface area contributed by atoms with Gasteiger partial charge in [0.15, 0.2) is 0 Å². The maximum absolute atomic E-state index is 12.9. The molecule has 0 fully saturated rings. The number of ether oxygens (including phenoxy) is 1. The molecule has 1 atom stereocenters. The number of rotatable bonds is 6. The van der Waals surface area contributed by atoms with Crippen molar-refractivity contribution in [1.29, 1.82) is 0 Å². The van der Waals surface area contributed by atoms with Crippen molar-refractivity contribution in [3.63, 3.8) is 0 Å². The number of benzene rings is 1. The van der Waals surface area contributed by atoms with E-state index >= 15 is 0 Å². The highest BCUT2D eigenvalue weighted by atomic mass is 19.1. The smallest absolute Gasteiger partial charge is 0.407 e. The van der Waals surface area contributed by atoms with Gasteiger partial charge in [-0.3, -0.25) is 4.79 Å².